The normalized spacial score (nSPS) is 15.4. The third kappa shape index (κ3) is 4.48. The summed E-state index contributed by atoms with van der Waals surface area (Å²) in [4.78, 5) is 12.6. The average molecular weight is 613 g/mol. The lowest BCUT2D eigenvalue weighted by atomic mass is 10.0. The number of nitrogens with one attached hydrogen (secondary N) is 1. The minimum atomic E-state index is -6.28. The van der Waals surface area contributed by atoms with Gasteiger partial charge in [-0.05, 0) is 52.5 Å². The first-order valence-corrected chi connectivity index (χ1v) is 11.5. The minimum absolute atomic E-state index is 0.0494. The van der Waals surface area contributed by atoms with Crippen LogP contribution in [0.4, 0.5) is 30.7 Å². The van der Waals surface area contributed by atoms with Gasteiger partial charge in [-0.3, -0.25) is 4.79 Å². The highest BCUT2D eigenvalue weighted by molar-refractivity contribution is 9.10. The van der Waals surface area contributed by atoms with Crippen LogP contribution in [0.3, 0.4) is 0 Å². The molecule has 196 valence electrons. The zero-order valence-corrected chi connectivity index (χ0v) is 20.8. The molecule has 2 aromatic heterocycles. The van der Waals surface area contributed by atoms with Gasteiger partial charge < -0.3 is 9.88 Å². The SMILES string of the molecule is Cn1c(C(F)(C(F)(F)F)C(F)(F)F)cc(Br)c1-n1cc(-c2ccc(Cl)c(C(=O)NC3(C#N)CC3)c2)cn1. The lowest BCUT2D eigenvalue weighted by molar-refractivity contribution is -0.350. The molecule has 4 rings (SSSR count). The van der Waals surface area contributed by atoms with E-state index in [-0.39, 0.29) is 20.9 Å². The van der Waals surface area contributed by atoms with Crippen molar-refractivity contribution in [3.05, 3.63) is 57.4 Å². The molecule has 37 heavy (non-hydrogen) atoms. The van der Waals surface area contributed by atoms with Crippen molar-refractivity contribution in [1.29, 1.82) is 5.26 Å². The molecule has 1 aliphatic carbocycles. The molecule has 1 aliphatic rings. The molecule has 0 atom stereocenters. The van der Waals surface area contributed by atoms with Crippen molar-refractivity contribution in [2.75, 3.05) is 0 Å². The van der Waals surface area contributed by atoms with Crippen LogP contribution in [0.1, 0.15) is 28.9 Å². The van der Waals surface area contributed by atoms with Gasteiger partial charge in [-0.15, -0.1) is 0 Å². The molecular weight excluding hydrogens is 599 g/mol. The third-order valence-corrected chi connectivity index (χ3v) is 6.86. The number of hydrogen-bond donors (Lipinski definition) is 1. The Hall–Kier alpha value is -3.05. The van der Waals surface area contributed by atoms with E-state index >= 15 is 0 Å². The summed E-state index contributed by atoms with van der Waals surface area (Å²) in [6.45, 7) is 0. The largest absolute Gasteiger partial charge is 0.437 e. The number of hydrogen-bond acceptors (Lipinski definition) is 3. The highest BCUT2D eigenvalue weighted by Crippen LogP contribution is 2.54. The fourth-order valence-electron chi connectivity index (χ4n) is 3.74. The summed E-state index contributed by atoms with van der Waals surface area (Å²) < 4.78 is 95.5. The second kappa shape index (κ2) is 8.76. The van der Waals surface area contributed by atoms with Gasteiger partial charge >= 0.3 is 18.0 Å². The van der Waals surface area contributed by atoms with Gasteiger partial charge in [0, 0.05) is 18.8 Å². The lowest BCUT2D eigenvalue weighted by Gasteiger charge is -2.30. The Morgan fingerprint density at radius 2 is 1.76 bits per heavy atom. The number of carbonyl (C=O) groups excluding carboxylic acids is 1. The quantitative estimate of drug-likeness (QED) is 0.341. The van der Waals surface area contributed by atoms with Crippen molar-refractivity contribution < 1.29 is 35.5 Å². The number of halogens is 9. The molecule has 6 nitrogen and oxygen atoms in total. The first-order valence-electron chi connectivity index (χ1n) is 10.3. The maximum Gasteiger partial charge on any atom is 0.437 e. The number of carbonyl (C=O) groups is 1. The number of rotatable bonds is 5. The average Bonchev–Trinajstić information content (AvgIpc) is 3.28. The molecule has 0 saturated heterocycles. The molecule has 0 bridgehead atoms. The summed E-state index contributed by atoms with van der Waals surface area (Å²) in [7, 11) is 0.843. The lowest BCUT2D eigenvalue weighted by Crippen LogP contribution is -2.51. The van der Waals surface area contributed by atoms with Crippen LogP contribution in [-0.2, 0) is 12.7 Å². The van der Waals surface area contributed by atoms with Crippen LogP contribution in [0.5, 0.6) is 0 Å². The molecule has 0 spiro atoms. The zero-order valence-electron chi connectivity index (χ0n) is 18.5. The topological polar surface area (TPSA) is 75.6 Å². The van der Waals surface area contributed by atoms with E-state index in [0.29, 0.717) is 34.6 Å². The van der Waals surface area contributed by atoms with Gasteiger partial charge in [-0.1, -0.05) is 17.7 Å². The van der Waals surface area contributed by atoms with Crippen LogP contribution >= 0.6 is 27.5 Å². The molecule has 1 amide bonds. The summed E-state index contributed by atoms with van der Waals surface area (Å²) >= 11 is 9.04. The Labute approximate surface area is 217 Å². The van der Waals surface area contributed by atoms with E-state index in [1.54, 1.807) is 0 Å². The molecule has 1 aromatic carbocycles. The molecule has 1 N–H and O–H groups in total. The van der Waals surface area contributed by atoms with Crippen molar-refractivity contribution in [3.63, 3.8) is 0 Å². The molecular formula is C22H14BrClF7N5O. The van der Waals surface area contributed by atoms with Crippen molar-refractivity contribution in [3.8, 4) is 23.0 Å². The molecule has 0 aliphatic heterocycles. The van der Waals surface area contributed by atoms with Gasteiger partial charge in [0.15, 0.2) is 0 Å². The Balaban J connectivity index is 1.72. The summed E-state index contributed by atoms with van der Waals surface area (Å²) in [6.07, 6.45) is -9.06. The van der Waals surface area contributed by atoms with Crippen LogP contribution < -0.4 is 5.32 Å². The van der Waals surface area contributed by atoms with E-state index in [2.05, 4.69) is 26.3 Å². The van der Waals surface area contributed by atoms with E-state index in [1.165, 1.54) is 30.6 Å². The number of nitrogens with zero attached hydrogens (tertiary/aromatic N) is 4. The number of amides is 1. The van der Waals surface area contributed by atoms with Crippen molar-refractivity contribution >= 4 is 33.4 Å². The number of alkyl halides is 7. The minimum Gasteiger partial charge on any atom is -0.334 e. The first kappa shape index (κ1) is 27.0. The van der Waals surface area contributed by atoms with Gasteiger partial charge in [0.1, 0.15) is 11.4 Å². The second-order valence-electron chi connectivity index (χ2n) is 8.43. The molecule has 0 unspecified atom stereocenters. The van der Waals surface area contributed by atoms with E-state index in [4.69, 9.17) is 11.6 Å². The maximum absolute atomic E-state index is 14.7. The van der Waals surface area contributed by atoms with Gasteiger partial charge in [0.05, 0.1) is 33.0 Å². The highest BCUT2D eigenvalue weighted by Gasteiger charge is 2.75. The zero-order chi connectivity index (χ0) is 27.6. The van der Waals surface area contributed by atoms with Gasteiger partial charge in [-0.2, -0.15) is 36.7 Å². The Bertz CT molecular complexity index is 1420. The number of nitriles is 1. The molecule has 15 heteroatoms. The van der Waals surface area contributed by atoms with E-state index < -0.39 is 35.2 Å². The molecule has 0 radical (unpaired) electrons. The fraction of sp³-hybridized carbons (Fsp3) is 0.318. The maximum atomic E-state index is 14.7. The van der Waals surface area contributed by atoms with Crippen molar-refractivity contribution in [2.24, 2.45) is 7.05 Å². The number of aromatic nitrogens is 3. The fourth-order valence-corrected chi connectivity index (χ4v) is 4.61. The summed E-state index contributed by atoms with van der Waals surface area (Å²) in [5.74, 6) is -0.903. The van der Waals surface area contributed by atoms with Crippen LogP contribution in [0.25, 0.3) is 16.9 Å². The first-order chi connectivity index (χ1) is 17.0. The molecule has 2 heterocycles. The van der Waals surface area contributed by atoms with Crippen LogP contribution in [0, 0.1) is 11.3 Å². The Morgan fingerprint density at radius 1 is 1.14 bits per heavy atom. The van der Waals surface area contributed by atoms with E-state index in [1.807, 2.05) is 6.07 Å². The molecule has 1 fully saturated rings. The monoisotopic (exact) mass is 611 g/mol. The predicted molar refractivity (Wildman–Crippen MR) is 121 cm³/mol. The summed E-state index contributed by atoms with van der Waals surface area (Å²) in [5.41, 5.74) is -7.52. The Morgan fingerprint density at radius 3 is 2.30 bits per heavy atom. The van der Waals surface area contributed by atoms with Gasteiger partial charge in [0.25, 0.3) is 5.91 Å². The Kier molecular flexibility index (Phi) is 6.39. The summed E-state index contributed by atoms with van der Waals surface area (Å²) in [6, 6.07) is 6.74. The van der Waals surface area contributed by atoms with Crippen LogP contribution in [0.15, 0.2) is 41.1 Å². The van der Waals surface area contributed by atoms with E-state index in [0.717, 1.165) is 11.7 Å². The van der Waals surface area contributed by atoms with Crippen LogP contribution in [0.2, 0.25) is 5.02 Å². The summed E-state index contributed by atoms with van der Waals surface area (Å²) in [5, 5.41) is 15.9. The van der Waals surface area contributed by atoms with E-state index in [9.17, 15) is 40.8 Å². The molecule has 3 aromatic rings. The van der Waals surface area contributed by atoms with Gasteiger partial charge in [-0.25, -0.2) is 9.07 Å². The molecule has 1 saturated carbocycles. The van der Waals surface area contributed by atoms with Gasteiger partial charge in [0.2, 0.25) is 0 Å². The number of benzene rings is 1. The van der Waals surface area contributed by atoms with Crippen molar-refractivity contribution in [2.45, 2.75) is 36.4 Å². The standard InChI is InChI=1S/C22H14BrClF7N5O/c1-35-16(20(25,21(26,27)28)22(29,30)31)7-14(23)18(35)36-9-12(8-33-36)11-2-3-15(24)13(6-11)17(37)34-19(10-32)4-5-19/h2-3,6-9H,4-5H2,1H3,(H,34,37). The highest BCUT2D eigenvalue weighted by atomic mass is 79.9. The third-order valence-electron chi connectivity index (χ3n) is 5.95. The smallest absolute Gasteiger partial charge is 0.334 e. The van der Waals surface area contributed by atoms with Crippen LogP contribution in [-0.4, -0.2) is 38.1 Å². The van der Waals surface area contributed by atoms with Crippen molar-refractivity contribution in [1.82, 2.24) is 19.7 Å². The predicted octanol–water partition coefficient (Wildman–Crippen LogP) is 6.37. The second-order valence-corrected chi connectivity index (χ2v) is 9.69.